The van der Waals surface area contributed by atoms with Gasteiger partial charge in [-0.25, -0.2) is 15.0 Å². The van der Waals surface area contributed by atoms with Crippen molar-refractivity contribution in [3.05, 3.63) is 212 Å². The van der Waals surface area contributed by atoms with Gasteiger partial charge in [0.15, 0.2) is 0 Å². The minimum absolute atomic E-state index is 0.849. The normalized spacial score (nSPS) is 11.8. The molecule has 0 saturated carbocycles. The van der Waals surface area contributed by atoms with Gasteiger partial charge >= 0.3 is 0 Å². The number of imidazole rings is 2. The summed E-state index contributed by atoms with van der Waals surface area (Å²) < 4.78 is 12.1. The zero-order chi connectivity index (χ0) is 42.1. The molecule has 4 aromatic heterocycles. The van der Waals surface area contributed by atoms with E-state index in [1.165, 1.54) is 0 Å². The second-order valence-corrected chi connectivity index (χ2v) is 17.0. The van der Waals surface area contributed by atoms with E-state index < -0.39 is 0 Å². The lowest BCUT2D eigenvalue weighted by Crippen LogP contribution is -1.97. The number of nitrogens with zero attached hydrogens (tertiary/aromatic N) is 5. The fourth-order valence-corrected chi connectivity index (χ4v) is 10.4. The molecule has 0 aliphatic carbocycles. The van der Waals surface area contributed by atoms with Gasteiger partial charge in [0.1, 0.15) is 27.8 Å². The Kier molecular flexibility index (Phi) is 8.29. The number of fused-ring (bicyclic) bond motifs is 6. The van der Waals surface area contributed by atoms with E-state index in [9.17, 15) is 0 Å². The molecule has 0 unspecified atom stereocenters. The van der Waals surface area contributed by atoms with Crippen LogP contribution in [0.25, 0.3) is 121 Å². The summed E-state index contributed by atoms with van der Waals surface area (Å²) in [5, 5.41) is 3.10. The number of furan rings is 1. The summed E-state index contributed by atoms with van der Waals surface area (Å²) in [6, 6.07) is 74.2. The largest absolute Gasteiger partial charge is 0.455 e. The van der Waals surface area contributed by atoms with Crippen molar-refractivity contribution in [2.75, 3.05) is 0 Å². The smallest absolute Gasteiger partial charge is 0.145 e. The Bertz CT molecular complexity index is 3680. The Morgan fingerprint density at radius 2 is 0.875 bits per heavy atom. The van der Waals surface area contributed by atoms with Crippen molar-refractivity contribution in [1.82, 2.24) is 24.1 Å². The third-order valence-electron chi connectivity index (χ3n) is 12.2. The first-order valence-electron chi connectivity index (χ1n) is 21.4. The van der Waals surface area contributed by atoms with Gasteiger partial charge in [0, 0.05) is 44.4 Å². The fourth-order valence-electron chi connectivity index (χ4n) is 9.21. The summed E-state index contributed by atoms with van der Waals surface area (Å²) in [5.41, 5.74) is 16.3. The SMILES string of the molecule is c1ccc(-n2c(-c3ccc(-c4ccc(-c5ccc(-c6nc7ccccc7n6-c6ccccc6)cc5)c5sc(-c6cccc7c6oc6ccccc67)nc45)cc3)nc3ccccc32)cc1. The van der Waals surface area contributed by atoms with Crippen molar-refractivity contribution in [3.63, 3.8) is 0 Å². The zero-order valence-electron chi connectivity index (χ0n) is 34.3. The number of hydrogen-bond acceptors (Lipinski definition) is 5. The molecule has 0 N–H and O–H groups in total. The van der Waals surface area contributed by atoms with Crippen molar-refractivity contribution < 1.29 is 4.42 Å². The monoisotopic (exact) mass is 837 g/mol. The van der Waals surface area contributed by atoms with Crippen molar-refractivity contribution in [3.8, 4) is 67.0 Å². The first-order chi connectivity index (χ1) is 31.7. The standard InChI is InChI=1S/C57H35N5OS/c1-3-14-40(15-4-1)61-49-23-10-8-21-47(49)58-55(61)38-30-26-36(27-31-38)42-34-35-43(54-52(42)60-57(64-54)46-20-13-19-45-44-18-7-12-25-51(44)63-53(45)46)37-28-32-39(33-29-37)56-59-48-22-9-11-24-50(48)62(56)41-16-5-2-6-17-41/h1-35H. The highest BCUT2D eigenvalue weighted by Crippen LogP contribution is 2.45. The van der Waals surface area contributed by atoms with E-state index in [4.69, 9.17) is 19.4 Å². The maximum absolute atomic E-state index is 6.55. The van der Waals surface area contributed by atoms with Gasteiger partial charge in [0.25, 0.3) is 0 Å². The average Bonchev–Trinajstić information content (AvgIpc) is 4.16. The molecule has 64 heavy (non-hydrogen) atoms. The average molecular weight is 838 g/mol. The number of benzene rings is 9. The summed E-state index contributed by atoms with van der Waals surface area (Å²) in [6.45, 7) is 0. The van der Waals surface area contributed by atoms with Crippen LogP contribution in [0, 0.1) is 0 Å². The molecule has 9 aromatic carbocycles. The molecule has 13 aromatic rings. The Morgan fingerprint density at radius 3 is 1.50 bits per heavy atom. The highest BCUT2D eigenvalue weighted by Gasteiger charge is 2.21. The van der Waals surface area contributed by atoms with E-state index in [0.717, 1.165) is 121 Å². The summed E-state index contributed by atoms with van der Waals surface area (Å²) in [7, 11) is 0. The van der Waals surface area contributed by atoms with Crippen LogP contribution < -0.4 is 0 Å². The van der Waals surface area contributed by atoms with Crippen LogP contribution in [0.15, 0.2) is 217 Å². The molecule has 0 saturated heterocycles. The van der Waals surface area contributed by atoms with Gasteiger partial charge in [-0.3, -0.25) is 9.13 Å². The number of aromatic nitrogens is 5. The Morgan fingerprint density at radius 1 is 0.375 bits per heavy atom. The summed E-state index contributed by atoms with van der Waals surface area (Å²) >= 11 is 1.71. The second kappa shape index (κ2) is 14.6. The molecule has 0 amide bonds. The van der Waals surface area contributed by atoms with Gasteiger partial charge in [0.2, 0.25) is 0 Å². The molecule has 300 valence electrons. The maximum atomic E-state index is 6.55. The van der Waals surface area contributed by atoms with Crippen molar-refractivity contribution in [2.45, 2.75) is 0 Å². The van der Waals surface area contributed by atoms with E-state index in [2.05, 4.69) is 185 Å². The molecular weight excluding hydrogens is 803 g/mol. The van der Waals surface area contributed by atoms with Gasteiger partial charge in [-0.1, -0.05) is 152 Å². The number of thiazole rings is 1. The van der Waals surface area contributed by atoms with Crippen molar-refractivity contribution in [1.29, 1.82) is 0 Å². The van der Waals surface area contributed by atoms with Gasteiger partial charge in [-0.05, 0) is 71.8 Å². The molecule has 0 aliphatic heterocycles. The van der Waals surface area contributed by atoms with Crippen molar-refractivity contribution >= 4 is 65.6 Å². The topological polar surface area (TPSA) is 61.7 Å². The number of rotatable bonds is 7. The lowest BCUT2D eigenvalue weighted by molar-refractivity contribution is 0.670. The number of para-hydroxylation sites is 8. The molecule has 0 bridgehead atoms. The quantitative estimate of drug-likeness (QED) is 0.160. The molecule has 0 aliphatic rings. The van der Waals surface area contributed by atoms with E-state index in [-0.39, 0.29) is 0 Å². The van der Waals surface area contributed by atoms with E-state index in [1.807, 2.05) is 36.4 Å². The Hall–Kier alpha value is -8.39. The third-order valence-corrected chi connectivity index (χ3v) is 13.4. The van der Waals surface area contributed by atoms with Crippen molar-refractivity contribution in [2.24, 2.45) is 0 Å². The van der Waals surface area contributed by atoms with E-state index >= 15 is 0 Å². The van der Waals surface area contributed by atoms with Gasteiger partial charge in [-0.15, -0.1) is 11.3 Å². The van der Waals surface area contributed by atoms with Crippen LogP contribution in [-0.2, 0) is 0 Å². The lowest BCUT2D eigenvalue weighted by Gasteiger charge is -2.12. The lowest BCUT2D eigenvalue weighted by atomic mass is 9.97. The van der Waals surface area contributed by atoms with E-state index in [0.29, 0.717) is 0 Å². The fraction of sp³-hybridized carbons (Fsp3) is 0. The van der Waals surface area contributed by atoms with Crippen LogP contribution in [-0.4, -0.2) is 24.1 Å². The van der Waals surface area contributed by atoms with E-state index in [1.54, 1.807) is 11.3 Å². The zero-order valence-corrected chi connectivity index (χ0v) is 35.1. The van der Waals surface area contributed by atoms with Gasteiger partial charge < -0.3 is 4.42 Å². The Balaban J connectivity index is 0.954. The molecule has 0 fully saturated rings. The summed E-state index contributed by atoms with van der Waals surface area (Å²) in [5.74, 6) is 1.80. The maximum Gasteiger partial charge on any atom is 0.145 e. The molecule has 4 heterocycles. The predicted octanol–water partition coefficient (Wildman–Crippen LogP) is 15.2. The summed E-state index contributed by atoms with van der Waals surface area (Å²) in [6.07, 6.45) is 0. The number of hydrogen-bond donors (Lipinski definition) is 0. The highest BCUT2D eigenvalue weighted by atomic mass is 32.1. The minimum atomic E-state index is 0.849. The third kappa shape index (κ3) is 5.82. The molecule has 6 nitrogen and oxygen atoms in total. The molecule has 0 atom stereocenters. The highest BCUT2D eigenvalue weighted by molar-refractivity contribution is 7.22. The molecule has 0 spiro atoms. The van der Waals surface area contributed by atoms with Gasteiger partial charge in [-0.2, -0.15) is 0 Å². The first kappa shape index (κ1) is 36.3. The molecular formula is C57H35N5OS. The second-order valence-electron chi connectivity index (χ2n) is 16.0. The minimum Gasteiger partial charge on any atom is -0.455 e. The van der Waals surface area contributed by atoms with Crippen LogP contribution in [0.3, 0.4) is 0 Å². The summed E-state index contributed by atoms with van der Waals surface area (Å²) in [4.78, 5) is 15.8. The van der Waals surface area contributed by atoms with Crippen LogP contribution >= 0.6 is 11.3 Å². The first-order valence-corrected chi connectivity index (χ1v) is 22.2. The van der Waals surface area contributed by atoms with Crippen LogP contribution in [0.4, 0.5) is 0 Å². The van der Waals surface area contributed by atoms with Gasteiger partial charge in [0.05, 0.1) is 37.8 Å². The van der Waals surface area contributed by atoms with Crippen LogP contribution in [0.5, 0.6) is 0 Å². The van der Waals surface area contributed by atoms with Crippen LogP contribution in [0.1, 0.15) is 0 Å². The Labute approximate surface area is 371 Å². The molecule has 13 rings (SSSR count). The predicted molar refractivity (Wildman–Crippen MR) is 263 cm³/mol. The molecule has 7 heteroatoms. The molecule has 0 radical (unpaired) electrons. The van der Waals surface area contributed by atoms with Crippen LogP contribution in [0.2, 0.25) is 0 Å².